The maximum absolute atomic E-state index is 12.3. The zero-order chi connectivity index (χ0) is 16.1. The van der Waals surface area contributed by atoms with Gasteiger partial charge in [-0.05, 0) is 49.4 Å². The van der Waals surface area contributed by atoms with Crippen LogP contribution >= 0.6 is 0 Å². The van der Waals surface area contributed by atoms with Crippen LogP contribution in [0.15, 0.2) is 42.5 Å². The van der Waals surface area contributed by atoms with Crippen LogP contribution in [-0.4, -0.2) is 5.91 Å². The largest absolute Gasteiger partial charge is 0.349 e. The van der Waals surface area contributed by atoms with E-state index in [0.717, 1.165) is 12.0 Å². The SMILES string of the molecule is CC[C@@H](NC(=O)Cc1ccc(C)c(C)c1)c1ccc(C)cc1. The summed E-state index contributed by atoms with van der Waals surface area (Å²) >= 11 is 0. The molecule has 0 spiro atoms. The molecule has 22 heavy (non-hydrogen) atoms. The van der Waals surface area contributed by atoms with E-state index in [4.69, 9.17) is 0 Å². The van der Waals surface area contributed by atoms with Gasteiger partial charge in [-0.3, -0.25) is 4.79 Å². The van der Waals surface area contributed by atoms with Crippen LogP contribution in [0.3, 0.4) is 0 Å². The summed E-state index contributed by atoms with van der Waals surface area (Å²) in [6.07, 6.45) is 1.32. The molecule has 1 amide bonds. The molecule has 116 valence electrons. The van der Waals surface area contributed by atoms with E-state index in [-0.39, 0.29) is 11.9 Å². The minimum Gasteiger partial charge on any atom is -0.349 e. The predicted octanol–water partition coefficient (Wildman–Crippen LogP) is 4.42. The quantitative estimate of drug-likeness (QED) is 0.869. The van der Waals surface area contributed by atoms with Gasteiger partial charge in [-0.2, -0.15) is 0 Å². The van der Waals surface area contributed by atoms with Crippen LogP contribution in [0.4, 0.5) is 0 Å². The van der Waals surface area contributed by atoms with Gasteiger partial charge in [-0.15, -0.1) is 0 Å². The summed E-state index contributed by atoms with van der Waals surface area (Å²) < 4.78 is 0. The number of nitrogens with one attached hydrogen (secondary N) is 1. The number of carbonyl (C=O) groups is 1. The van der Waals surface area contributed by atoms with Gasteiger partial charge in [0.05, 0.1) is 12.5 Å². The molecule has 2 aromatic carbocycles. The molecule has 0 saturated carbocycles. The van der Waals surface area contributed by atoms with E-state index >= 15 is 0 Å². The van der Waals surface area contributed by atoms with E-state index in [1.54, 1.807) is 0 Å². The second kappa shape index (κ2) is 7.26. The number of hydrogen-bond donors (Lipinski definition) is 1. The summed E-state index contributed by atoms with van der Waals surface area (Å²) in [5.74, 6) is 0.0793. The molecule has 0 saturated heterocycles. The molecule has 0 aromatic heterocycles. The number of benzene rings is 2. The summed E-state index contributed by atoms with van der Waals surface area (Å²) in [4.78, 5) is 12.3. The average molecular weight is 295 g/mol. The van der Waals surface area contributed by atoms with Crippen LogP contribution in [0.1, 0.15) is 47.2 Å². The van der Waals surface area contributed by atoms with Crippen LogP contribution in [0.2, 0.25) is 0 Å². The number of hydrogen-bond acceptors (Lipinski definition) is 1. The Labute approximate surface area is 133 Å². The lowest BCUT2D eigenvalue weighted by Gasteiger charge is -2.18. The Kier molecular flexibility index (Phi) is 5.37. The summed E-state index contributed by atoms with van der Waals surface area (Å²) in [7, 11) is 0. The van der Waals surface area contributed by atoms with Crippen molar-refractivity contribution in [3.05, 3.63) is 70.3 Å². The van der Waals surface area contributed by atoms with Gasteiger partial charge >= 0.3 is 0 Å². The molecule has 0 aliphatic heterocycles. The summed E-state index contributed by atoms with van der Waals surface area (Å²) in [5, 5.41) is 3.15. The first-order valence-corrected chi connectivity index (χ1v) is 7.91. The van der Waals surface area contributed by atoms with Gasteiger partial charge in [0.25, 0.3) is 0 Å². The van der Waals surface area contributed by atoms with Crippen LogP contribution in [-0.2, 0) is 11.2 Å². The number of aryl methyl sites for hydroxylation is 3. The number of amides is 1. The minimum absolute atomic E-state index is 0.0793. The van der Waals surface area contributed by atoms with Crippen LogP contribution < -0.4 is 5.32 Å². The Bertz CT molecular complexity index is 643. The third kappa shape index (κ3) is 4.20. The molecule has 1 atom stereocenters. The average Bonchev–Trinajstić information content (AvgIpc) is 2.49. The molecule has 1 N–H and O–H groups in total. The second-order valence-electron chi connectivity index (χ2n) is 6.03. The molecule has 2 nitrogen and oxygen atoms in total. The molecule has 0 aliphatic carbocycles. The van der Waals surface area contributed by atoms with Crippen molar-refractivity contribution in [2.24, 2.45) is 0 Å². The minimum atomic E-state index is 0.0793. The molecule has 0 fully saturated rings. The monoisotopic (exact) mass is 295 g/mol. The first-order valence-electron chi connectivity index (χ1n) is 7.91. The lowest BCUT2D eigenvalue weighted by Crippen LogP contribution is -2.29. The Morgan fingerprint density at radius 1 is 1.00 bits per heavy atom. The fourth-order valence-electron chi connectivity index (χ4n) is 2.56. The topological polar surface area (TPSA) is 29.1 Å². The fraction of sp³-hybridized carbons (Fsp3) is 0.350. The zero-order valence-corrected chi connectivity index (χ0v) is 13.9. The van der Waals surface area contributed by atoms with Crippen molar-refractivity contribution in [2.75, 3.05) is 0 Å². The molecule has 2 rings (SSSR count). The molecule has 0 unspecified atom stereocenters. The van der Waals surface area contributed by atoms with E-state index in [9.17, 15) is 4.79 Å². The first kappa shape index (κ1) is 16.3. The van der Waals surface area contributed by atoms with Gasteiger partial charge in [-0.25, -0.2) is 0 Å². The highest BCUT2D eigenvalue weighted by atomic mass is 16.1. The molecule has 0 radical (unpaired) electrons. The van der Waals surface area contributed by atoms with Crippen LogP contribution in [0, 0.1) is 20.8 Å². The molecule has 0 bridgehead atoms. The highest BCUT2D eigenvalue weighted by Crippen LogP contribution is 2.18. The Balaban J connectivity index is 2.02. The molecule has 2 heteroatoms. The van der Waals surface area contributed by atoms with E-state index in [0.29, 0.717) is 6.42 Å². The highest BCUT2D eigenvalue weighted by molar-refractivity contribution is 5.79. The molecular formula is C20H25NO. The smallest absolute Gasteiger partial charge is 0.224 e. The first-order chi connectivity index (χ1) is 10.5. The second-order valence-corrected chi connectivity index (χ2v) is 6.03. The maximum Gasteiger partial charge on any atom is 0.224 e. The standard InChI is InChI=1S/C20H25NO/c1-5-19(18-10-6-14(2)7-11-18)21-20(22)13-17-9-8-15(3)16(4)12-17/h6-12,19H,5,13H2,1-4H3,(H,21,22)/t19-/m1/s1. The highest BCUT2D eigenvalue weighted by Gasteiger charge is 2.13. The molecule has 0 aliphatic rings. The van der Waals surface area contributed by atoms with Crippen LogP contribution in [0.25, 0.3) is 0 Å². The third-order valence-electron chi connectivity index (χ3n) is 4.16. The van der Waals surface area contributed by atoms with Gasteiger partial charge in [0.15, 0.2) is 0 Å². The van der Waals surface area contributed by atoms with Gasteiger partial charge < -0.3 is 5.32 Å². The lowest BCUT2D eigenvalue weighted by atomic mass is 10.0. The van der Waals surface area contributed by atoms with Crippen molar-refractivity contribution in [1.29, 1.82) is 0 Å². The van der Waals surface area contributed by atoms with E-state index in [2.05, 4.69) is 69.4 Å². The van der Waals surface area contributed by atoms with Gasteiger partial charge in [0, 0.05) is 0 Å². The molecule has 2 aromatic rings. The third-order valence-corrected chi connectivity index (χ3v) is 4.16. The van der Waals surface area contributed by atoms with Crippen molar-refractivity contribution in [1.82, 2.24) is 5.32 Å². The van der Waals surface area contributed by atoms with Gasteiger partial charge in [-0.1, -0.05) is 55.0 Å². The van der Waals surface area contributed by atoms with Gasteiger partial charge in [0.1, 0.15) is 0 Å². The normalized spacial score (nSPS) is 12.0. The van der Waals surface area contributed by atoms with E-state index in [1.165, 1.54) is 22.3 Å². The van der Waals surface area contributed by atoms with Crippen molar-refractivity contribution in [3.63, 3.8) is 0 Å². The Morgan fingerprint density at radius 2 is 1.68 bits per heavy atom. The van der Waals surface area contributed by atoms with Gasteiger partial charge in [0.2, 0.25) is 5.91 Å². The van der Waals surface area contributed by atoms with Crippen molar-refractivity contribution < 1.29 is 4.79 Å². The molecule has 0 heterocycles. The maximum atomic E-state index is 12.3. The fourth-order valence-corrected chi connectivity index (χ4v) is 2.56. The van der Waals surface area contributed by atoms with Crippen LogP contribution in [0.5, 0.6) is 0 Å². The number of carbonyl (C=O) groups excluding carboxylic acids is 1. The Morgan fingerprint density at radius 3 is 2.27 bits per heavy atom. The molecular weight excluding hydrogens is 270 g/mol. The Hall–Kier alpha value is -2.09. The summed E-state index contributed by atoms with van der Waals surface area (Å²) in [6.45, 7) is 8.34. The van der Waals surface area contributed by atoms with E-state index in [1.807, 2.05) is 6.07 Å². The van der Waals surface area contributed by atoms with Crippen molar-refractivity contribution >= 4 is 5.91 Å². The van der Waals surface area contributed by atoms with Crippen molar-refractivity contribution in [2.45, 2.75) is 46.6 Å². The van der Waals surface area contributed by atoms with E-state index < -0.39 is 0 Å². The van der Waals surface area contributed by atoms with Crippen molar-refractivity contribution in [3.8, 4) is 0 Å². The summed E-state index contributed by atoms with van der Waals surface area (Å²) in [6, 6.07) is 14.7. The predicted molar refractivity (Wildman–Crippen MR) is 92.0 cm³/mol. The zero-order valence-electron chi connectivity index (χ0n) is 13.9. The number of rotatable bonds is 5. The lowest BCUT2D eigenvalue weighted by molar-refractivity contribution is -0.121. The summed E-state index contributed by atoms with van der Waals surface area (Å²) in [5.41, 5.74) is 5.96.